The molecule has 2 heterocycles. The molecule has 25 heavy (non-hydrogen) atoms. The van der Waals surface area contributed by atoms with Crippen LogP contribution in [0, 0.1) is 23.7 Å². The first-order valence-corrected chi connectivity index (χ1v) is 11.6. The Balaban J connectivity index is 1.10. The molecule has 0 aromatic carbocycles. The van der Waals surface area contributed by atoms with Crippen LogP contribution in [-0.4, -0.2) is 24.9 Å². The molecule has 2 aliphatic heterocycles. The van der Waals surface area contributed by atoms with Crippen molar-refractivity contribution >= 4 is 0 Å². The van der Waals surface area contributed by atoms with E-state index in [2.05, 4.69) is 6.92 Å². The molecule has 4 rings (SSSR count). The highest BCUT2D eigenvalue weighted by Gasteiger charge is 2.46. The van der Waals surface area contributed by atoms with Gasteiger partial charge in [0.05, 0.1) is 24.9 Å². The van der Waals surface area contributed by atoms with Crippen LogP contribution in [0.15, 0.2) is 0 Å². The number of rotatable bonds is 9. The van der Waals surface area contributed by atoms with Crippen LogP contribution in [0.3, 0.4) is 0 Å². The van der Waals surface area contributed by atoms with E-state index in [0.29, 0.717) is 18.3 Å². The summed E-state index contributed by atoms with van der Waals surface area (Å²) in [6, 6.07) is 0. The average molecular weight is 349 g/mol. The summed E-state index contributed by atoms with van der Waals surface area (Å²) in [4.78, 5) is 0. The van der Waals surface area contributed by atoms with Crippen molar-refractivity contribution in [3.63, 3.8) is 0 Å². The summed E-state index contributed by atoms with van der Waals surface area (Å²) in [5.74, 6) is 4.05. The van der Waals surface area contributed by atoms with Crippen molar-refractivity contribution in [3.8, 4) is 0 Å². The summed E-state index contributed by atoms with van der Waals surface area (Å²) in [5, 5.41) is 0. The van der Waals surface area contributed by atoms with Crippen molar-refractivity contribution < 1.29 is 9.47 Å². The molecule has 3 atom stereocenters. The van der Waals surface area contributed by atoms with Gasteiger partial charge in [-0.2, -0.15) is 0 Å². The van der Waals surface area contributed by atoms with Crippen LogP contribution in [0.5, 0.6) is 0 Å². The van der Waals surface area contributed by atoms with E-state index in [1.165, 1.54) is 89.9 Å². The van der Waals surface area contributed by atoms with Crippen LogP contribution < -0.4 is 0 Å². The van der Waals surface area contributed by atoms with Crippen molar-refractivity contribution in [2.75, 3.05) is 6.61 Å². The van der Waals surface area contributed by atoms with Gasteiger partial charge in [0.1, 0.15) is 0 Å². The summed E-state index contributed by atoms with van der Waals surface area (Å²) in [6.07, 6.45) is 22.1. The lowest BCUT2D eigenvalue weighted by molar-refractivity contribution is 0.132. The molecule has 0 aromatic rings. The Morgan fingerprint density at radius 3 is 2.00 bits per heavy atom. The predicted octanol–water partition coefficient (Wildman–Crippen LogP) is 6.13. The minimum Gasteiger partial charge on any atom is -0.373 e. The highest BCUT2D eigenvalue weighted by molar-refractivity contribution is 4.94. The van der Waals surface area contributed by atoms with E-state index >= 15 is 0 Å². The zero-order valence-electron chi connectivity index (χ0n) is 16.5. The van der Waals surface area contributed by atoms with Crippen molar-refractivity contribution in [2.45, 2.75) is 115 Å². The first kappa shape index (κ1) is 18.3. The molecular formula is C23H40O2. The second-order valence-corrected chi connectivity index (χ2v) is 9.62. The van der Waals surface area contributed by atoms with E-state index < -0.39 is 0 Å². The fourth-order valence-corrected chi connectivity index (χ4v) is 5.96. The number of epoxide rings is 2. The van der Waals surface area contributed by atoms with Crippen LogP contribution in [0.1, 0.15) is 96.8 Å². The Morgan fingerprint density at radius 1 is 0.720 bits per heavy atom. The molecule has 0 spiro atoms. The first-order valence-electron chi connectivity index (χ1n) is 11.6. The van der Waals surface area contributed by atoms with Gasteiger partial charge in [0.15, 0.2) is 0 Å². The Labute approximate surface area is 155 Å². The van der Waals surface area contributed by atoms with Crippen molar-refractivity contribution in [1.82, 2.24) is 0 Å². The third-order valence-electron chi connectivity index (χ3n) is 7.85. The minimum absolute atomic E-state index is 0.581. The lowest BCUT2D eigenvalue weighted by atomic mass is 9.68. The van der Waals surface area contributed by atoms with Gasteiger partial charge < -0.3 is 9.47 Å². The molecule has 2 saturated heterocycles. The molecule has 2 saturated carbocycles. The number of unbranched alkanes of at least 4 members (excludes halogenated alkanes) is 2. The van der Waals surface area contributed by atoms with E-state index in [-0.39, 0.29) is 0 Å². The van der Waals surface area contributed by atoms with Crippen LogP contribution in [-0.2, 0) is 9.47 Å². The van der Waals surface area contributed by atoms with E-state index in [9.17, 15) is 0 Å². The summed E-state index contributed by atoms with van der Waals surface area (Å²) < 4.78 is 11.3. The third-order valence-corrected chi connectivity index (χ3v) is 7.85. The van der Waals surface area contributed by atoms with Gasteiger partial charge in [-0.05, 0) is 75.0 Å². The van der Waals surface area contributed by atoms with Gasteiger partial charge in [0, 0.05) is 0 Å². The molecule has 144 valence electrons. The molecule has 2 nitrogen and oxygen atoms in total. The molecule has 0 amide bonds. The van der Waals surface area contributed by atoms with Gasteiger partial charge in [-0.1, -0.05) is 45.4 Å². The molecule has 4 fully saturated rings. The van der Waals surface area contributed by atoms with Crippen molar-refractivity contribution in [2.24, 2.45) is 23.7 Å². The normalized spacial score (nSPS) is 43.8. The number of hydrogen-bond acceptors (Lipinski definition) is 2. The minimum atomic E-state index is 0.581. The maximum atomic E-state index is 6.02. The zero-order chi connectivity index (χ0) is 17.1. The monoisotopic (exact) mass is 348 g/mol. The summed E-state index contributed by atoms with van der Waals surface area (Å²) in [6.45, 7) is 3.33. The molecule has 3 unspecified atom stereocenters. The number of hydrogen-bond donors (Lipinski definition) is 0. The Bertz CT molecular complexity index is 389. The quantitative estimate of drug-likeness (QED) is 0.370. The zero-order valence-corrected chi connectivity index (χ0v) is 16.5. The fraction of sp³-hybridized carbons (Fsp3) is 1.00. The molecule has 0 bridgehead atoms. The largest absolute Gasteiger partial charge is 0.373 e. The molecular weight excluding hydrogens is 308 g/mol. The van der Waals surface area contributed by atoms with Gasteiger partial charge in [-0.3, -0.25) is 0 Å². The Morgan fingerprint density at radius 2 is 1.36 bits per heavy atom. The average Bonchev–Trinajstić information content (AvgIpc) is 3.55. The van der Waals surface area contributed by atoms with Crippen molar-refractivity contribution in [3.05, 3.63) is 0 Å². The first-order chi connectivity index (χ1) is 12.3. The topological polar surface area (TPSA) is 25.1 Å². The molecule has 2 heteroatoms. The van der Waals surface area contributed by atoms with E-state index in [1.807, 2.05) is 0 Å². The SMILES string of the molecule is CCCCCC1CCC(C2CCC(C3OC3CCC3CO3)CC2)CC1. The van der Waals surface area contributed by atoms with Gasteiger partial charge in [0.25, 0.3) is 0 Å². The second-order valence-electron chi connectivity index (χ2n) is 9.62. The summed E-state index contributed by atoms with van der Waals surface area (Å²) in [7, 11) is 0. The van der Waals surface area contributed by atoms with E-state index in [0.717, 1.165) is 30.3 Å². The fourth-order valence-electron chi connectivity index (χ4n) is 5.96. The standard InChI is InChI=1S/C23H40O2/c1-2-3-4-5-17-6-8-18(9-7-17)19-10-12-20(13-11-19)23-22(25-23)15-14-21-16-24-21/h17-23H,2-16H2,1H3. The number of ether oxygens (including phenoxy) is 2. The molecule has 0 N–H and O–H groups in total. The maximum Gasteiger partial charge on any atom is 0.0869 e. The maximum absolute atomic E-state index is 6.02. The van der Waals surface area contributed by atoms with E-state index in [4.69, 9.17) is 9.47 Å². The smallest absolute Gasteiger partial charge is 0.0869 e. The van der Waals surface area contributed by atoms with Crippen LogP contribution in [0.2, 0.25) is 0 Å². The van der Waals surface area contributed by atoms with Crippen LogP contribution >= 0.6 is 0 Å². The third kappa shape index (κ3) is 5.22. The van der Waals surface area contributed by atoms with Gasteiger partial charge >= 0.3 is 0 Å². The van der Waals surface area contributed by atoms with Gasteiger partial charge in [0.2, 0.25) is 0 Å². The van der Waals surface area contributed by atoms with Crippen molar-refractivity contribution in [1.29, 1.82) is 0 Å². The molecule has 2 aliphatic carbocycles. The molecule has 0 aromatic heterocycles. The second kappa shape index (κ2) is 8.74. The Kier molecular flexibility index (Phi) is 6.39. The van der Waals surface area contributed by atoms with E-state index in [1.54, 1.807) is 0 Å². The molecule has 4 aliphatic rings. The van der Waals surface area contributed by atoms with Crippen LogP contribution in [0.4, 0.5) is 0 Å². The van der Waals surface area contributed by atoms with Crippen LogP contribution in [0.25, 0.3) is 0 Å². The summed E-state index contributed by atoms with van der Waals surface area (Å²) >= 11 is 0. The summed E-state index contributed by atoms with van der Waals surface area (Å²) in [5.41, 5.74) is 0. The van der Waals surface area contributed by atoms with Gasteiger partial charge in [-0.25, -0.2) is 0 Å². The molecule has 0 radical (unpaired) electrons. The highest BCUT2D eigenvalue weighted by Crippen LogP contribution is 2.46. The lowest BCUT2D eigenvalue weighted by Gasteiger charge is -2.37. The predicted molar refractivity (Wildman–Crippen MR) is 103 cm³/mol. The van der Waals surface area contributed by atoms with Gasteiger partial charge in [-0.15, -0.1) is 0 Å². The highest BCUT2D eigenvalue weighted by atomic mass is 16.6. The Hall–Kier alpha value is -0.0800. The lowest BCUT2D eigenvalue weighted by Crippen LogP contribution is -2.27.